The summed E-state index contributed by atoms with van der Waals surface area (Å²) in [7, 11) is 3.59. The first-order valence-electron chi connectivity index (χ1n) is 3.20. The van der Waals surface area contributed by atoms with Crippen LogP contribution in [0.2, 0.25) is 0 Å². The van der Waals surface area contributed by atoms with Gasteiger partial charge in [0.2, 0.25) is 5.88 Å². The maximum Gasteiger partial charge on any atom is 0.216 e. The van der Waals surface area contributed by atoms with Crippen molar-refractivity contribution in [2.75, 3.05) is 7.11 Å². The van der Waals surface area contributed by atoms with Crippen molar-refractivity contribution < 1.29 is 4.74 Å². The van der Waals surface area contributed by atoms with E-state index in [4.69, 9.17) is 4.74 Å². The van der Waals surface area contributed by atoms with Gasteiger partial charge in [-0.2, -0.15) is 0 Å². The zero-order chi connectivity index (χ0) is 7.72. The number of aryl methyl sites for hydroxylation is 2. The third-order valence-corrected chi connectivity index (χ3v) is 1.62. The summed E-state index contributed by atoms with van der Waals surface area (Å²) in [6, 6.07) is 0. The van der Waals surface area contributed by atoms with E-state index in [9.17, 15) is 0 Å². The van der Waals surface area contributed by atoms with Crippen LogP contribution in [-0.2, 0) is 7.05 Å². The van der Waals surface area contributed by atoms with Crippen molar-refractivity contribution in [3.8, 4) is 5.88 Å². The Morgan fingerprint density at radius 1 is 1.40 bits per heavy atom. The van der Waals surface area contributed by atoms with Crippen LogP contribution in [0.5, 0.6) is 5.88 Å². The van der Waals surface area contributed by atoms with Crippen LogP contribution in [0.15, 0.2) is 0 Å². The van der Waals surface area contributed by atoms with Gasteiger partial charge in [-0.05, 0) is 13.8 Å². The molecule has 0 spiro atoms. The molecular formula is C7H12N2O. The lowest BCUT2D eigenvalue weighted by atomic mass is 10.5. The zero-order valence-electron chi connectivity index (χ0n) is 6.80. The molecule has 1 heterocycles. The summed E-state index contributed by atoms with van der Waals surface area (Å²) in [5, 5.41) is 0. The molecular weight excluding hydrogens is 128 g/mol. The first kappa shape index (κ1) is 7.12. The van der Waals surface area contributed by atoms with Gasteiger partial charge in [0.05, 0.1) is 12.8 Å². The molecule has 0 N–H and O–H groups in total. The lowest BCUT2D eigenvalue weighted by Crippen LogP contribution is -1.95. The standard InChI is InChI=1S/C7H12N2O/c1-5-7(10-4)9(3)6(2)8-5/h1-4H3. The van der Waals surface area contributed by atoms with Gasteiger partial charge in [0.1, 0.15) is 5.82 Å². The number of hydrogen-bond donors (Lipinski definition) is 0. The lowest BCUT2D eigenvalue weighted by Gasteiger charge is -2.00. The second kappa shape index (κ2) is 2.33. The summed E-state index contributed by atoms with van der Waals surface area (Å²) in [5.74, 6) is 1.83. The van der Waals surface area contributed by atoms with E-state index < -0.39 is 0 Å². The number of rotatable bonds is 1. The van der Waals surface area contributed by atoms with Gasteiger partial charge in [0.15, 0.2) is 0 Å². The predicted molar refractivity (Wildman–Crippen MR) is 39.2 cm³/mol. The average molecular weight is 140 g/mol. The van der Waals surface area contributed by atoms with Gasteiger partial charge in [0.25, 0.3) is 0 Å². The fraction of sp³-hybridized carbons (Fsp3) is 0.571. The summed E-state index contributed by atoms with van der Waals surface area (Å²) in [6.07, 6.45) is 0. The maximum absolute atomic E-state index is 5.10. The summed E-state index contributed by atoms with van der Waals surface area (Å²) < 4.78 is 7.02. The normalized spacial score (nSPS) is 10.0. The van der Waals surface area contributed by atoms with Crippen LogP contribution < -0.4 is 4.74 Å². The van der Waals surface area contributed by atoms with Gasteiger partial charge < -0.3 is 9.30 Å². The van der Waals surface area contributed by atoms with Gasteiger partial charge in [0, 0.05) is 7.05 Å². The molecule has 3 heteroatoms. The minimum absolute atomic E-state index is 0.845. The Hall–Kier alpha value is -0.990. The molecule has 0 atom stereocenters. The van der Waals surface area contributed by atoms with Crippen LogP contribution in [0, 0.1) is 13.8 Å². The molecule has 3 nitrogen and oxygen atoms in total. The summed E-state index contributed by atoms with van der Waals surface area (Å²) in [5.41, 5.74) is 0.947. The number of imidazole rings is 1. The SMILES string of the molecule is COc1c(C)nc(C)n1C. The molecule has 0 aliphatic rings. The summed E-state index contributed by atoms with van der Waals surface area (Å²) in [6.45, 7) is 3.89. The van der Waals surface area contributed by atoms with Gasteiger partial charge in [-0.15, -0.1) is 0 Å². The van der Waals surface area contributed by atoms with Crippen LogP contribution in [-0.4, -0.2) is 16.7 Å². The number of aromatic nitrogens is 2. The zero-order valence-corrected chi connectivity index (χ0v) is 6.80. The van der Waals surface area contributed by atoms with E-state index in [0.717, 1.165) is 17.4 Å². The van der Waals surface area contributed by atoms with Crippen LogP contribution in [0.3, 0.4) is 0 Å². The molecule has 0 aliphatic heterocycles. The van der Waals surface area contributed by atoms with Crippen molar-refractivity contribution in [1.82, 2.24) is 9.55 Å². The van der Waals surface area contributed by atoms with E-state index >= 15 is 0 Å². The highest BCUT2D eigenvalue weighted by atomic mass is 16.5. The van der Waals surface area contributed by atoms with Gasteiger partial charge in [-0.1, -0.05) is 0 Å². The molecule has 0 amide bonds. The molecule has 0 saturated heterocycles. The molecule has 0 bridgehead atoms. The molecule has 1 rings (SSSR count). The van der Waals surface area contributed by atoms with E-state index in [1.54, 1.807) is 7.11 Å². The Labute approximate surface area is 60.6 Å². The van der Waals surface area contributed by atoms with E-state index in [1.165, 1.54) is 0 Å². The Morgan fingerprint density at radius 2 is 2.00 bits per heavy atom. The van der Waals surface area contributed by atoms with Gasteiger partial charge >= 0.3 is 0 Å². The molecule has 10 heavy (non-hydrogen) atoms. The summed E-state index contributed by atoms with van der Waals surface area (Å²) >= 11 is 0. The highest BCUT2D eigenvalue weighted by Crippen LogP contribution is 2.16. The second-order valence-electron chi connectivity index (χ2n) is 2.31. The van der Waals surface area contributed by atoms with Crippen molar-refractivity contribution >= 4 is 0 Å². The van der Waals surface area contributed by atoms with E-state index in [-0.39, 0.29) is 0 Å². The molecule has 56 valence electrons. The molecule has 0 radical (unpaired) electrons. The topological polar surface area (TPSA) is 27.1 Å². The lowest BCUT2D eigenvalue weighted by molar-refractivity contribution is 0.378. The van der Waals surface area contributed by atoms with Crippen molar-refractivity contribution in [3.05, 3.63) is 11.5 Å². The summed E-state index contributed by atoms with van der Waals surface area (Å²) in [4.78, 5) is 4.22. The van der Waals surface area contributed by atoms with Crippen LogP contribution in [0.25, 0.3) is 0 Å². The largest absolute Gasteiger partial charge is 0.481 e. The highest BCUT2D eigenvalue weighted by Gasteiger charge is 2.06. The van der Waals surface area contributed by atoms with Crippen LogP contribution in [0.1, 0.15) is 11.5 Å². The Kier molecular flexibility index (Phi) is 1.66. The molecule has 0 saturated carbocycles. The smallest absolute Gasteiger partial charge is 0.216 e. The highest BCUT2D eigenvalue weighted by molar-refractivity contribution is 5.21. The van der Waals surface area contributed by atoms with Gasteiger partial charge in [-0.25, -0.2) is 4.98 Å². The Balaban J connectivity index is 3.20. The molecule has 0 aliphatic carbocycles. The maximum atomic E-state index is 5.10. The Morgan fingerprint density at radius 3 is 2.20 bits per heavy atom. The molecule has 1 aromatic rings. The third-order valence-electron chi connectivity index (χ3n) is 1.62. The van der Waals surface area contributed by atoms with Crippen LogP contribution >= 0.6 is 0 Å². The number of methoxy groups -OCH3 is 1. The second-order valence-corrected chi connectivity index (χ2v) is 2.31. The number of hydrogen-bond acceptors (Lipinski definition) is 2. The van der Waals surface area contributed by atoms with Crippen molar-refractivity contribution in [1.29, 1.82) is 0 Å². The third kappa shape index (κ3) is 0.875. The predicted octanol–water partition coefficient (Wildman–Crippen LogP) is 1.05. The molecule has 1 aromatic heterocycles. The minimum Gasteiger partial charge on any atom is -0.481 e. The van der Waals surface area contributed by atoms with Gasteiger partial charge in [-0.3, -0.25) is 0 Å². The first-order chi connectivity index (χ1) is 4.66. The first-order valence-corrected chi connectivity index (χ1v) is 3.20. The van der Waals surface area contributed by atoms with E-state index in [0.29, 0.717) is 0 Å². The molecule has 0 fully saturated rings. The minimum atomic E-state index is 0.845. The van der Waals surface area contributed by atoms with Crippen molar-refractivity contribution in [2.45, 2.75) is 13.8 Å². The average Bonchev–Trinajstić information content (AvgIpc) is 2.09. The van der Waals surface area contributed by atoms with E-state index in [1.807, 2.05) is 25.5 Å². The quantitative estimate of drug-likeness (QED) is 0.583. The number of ether oxygens (including phenoxy) is 1. The Bertz CT molecular complexity index is 240. The number of nitrogens with zero attached hydrogens (tertiary/aromatic N) is 2. The van der Waals surface area contributed by atoms with E-state index in [2.05, 4.69) is 4.98 Å². The van der Waals surface area contributed by atoms with Crippen LogP contribution in [0.4, 0.5) is 0 Å². The molecule has 0 unspecified atom stereocenters. The van der Waals surface area contributed by atoms with Crippen molar-refractivity contribution in [3.63, 3.8) is 0 Å². The monoisotopic (exact) mass is 140 g/mol. The molecule has 0 aromatic carbocycles. The van der Waals surface area contributed by atoms with Crippen molar-refractivity contribution in [2.24, 2.45) is 7.05 Å². The fourth-order valence-corrected chi connectivity index (χ4v) is 1.04. The fourth-order valence-electron chi connectivity index (χ4n) is 1.04.